The van der Waals surface area contributed by atoms with Gasteiger partial charge in [-0.3, -0.25) is 14.5 Å². The van der Waals surface area contributed by atoms with Gasteiger partial charge in [0.15, 0.2) is 0 Å². The first-order chi connectivity index (χ1) is 15.9. The number of thiazole rings is 1. The molecule has 6 nitrogen and oxygen atoms in total. The van der Waals surface area contributed by atoms with Crippen LogP contribution >= 0.6 is 11.3 Å². The van der Waals surface area contributed by atoms with Crippen LogP contribution in [0.4, 0.5) is 0 Å². The molecular weight excluding hydrogens is 432 g/mol. The van der Waals surface area contributed by atoms with Crippen molar-refractivity contribution >= 4 is 23.2 Å². The van der Waals surface area contributed by atoms with Crippen LogP contribution in [0.15, 0.2) is 54.0 Å². The van der Waals surface area contributed by atoms with Crippen molar-refractivity contribution in [1.82, 2.24) is 20.1 Å². The second-order valence-electron chi connectivity index (χ2n) is 8.68. The van der Waals surface area contributed by atoms with E-state index in [2.05, 4.69) is 52.5 Å². The molecule has 0 spiro atoms. The average molecular weight is 463 g/mol. The summed E-state index contributed by atoms with van der Waals surface area (Å²) < 4.78 is 0. The highest BCUT2D eigenvalue weighted by atomic mass is 32.1. The maximum absolute atomic E-state index is 13.2. The van der Waals surface area contributed by atoms with E-state index in [4.69, 9.17) is 0 Å². The van der Waals surface area contributed by atoms with Gasteiger partial charge in [-0.1, -0.05) is 29.8 Å². The molecule has 0 aliphatic carbocycles. The normalized spacial score (nSPS) is 15.3. The topological polar surface area (TPSA) is 65.5 Å². The molecule has 2 heterocycles. The zero-order valence-electron chi connectivity index (χ0n) is 19.4. The SMILES string of the molecule is CC(=O)N1CCN(C[C@@H](C)NC(=O)c2cc(-c3ccc(C)cc3)cc(-c3nccs3)c2)CC1. The summed E-state index contributed by atoms with van der Waals surface area (Å²) in [6.45, 7) is 9.61. The second-order valence-corrected chi connectivity index (χ2v) is 9.58. The first-order valence-electron chi connectivity index (χ1n) is 11.3. The summed E-state index contributed by atoms with van der Waals surface area (Å²) in [6.07, 6.45) is 1.78. The zero-order valence-corrected chi connectivity index (χ0v) is 20.2. The Hall–Kier alpha value is -3.03. The summed E-state index contributed by atoms with van der Waals surface area (Å²) in [6, 6.07) is 14.3. The summed E-state index contributed by atoms with van der Waals surface area (Å²) >= 11 is 1.56. The Balaban J connectivity index is 1.49. The summed E-state index contributed by atoms with van der Waals surface area (Å²) in [5.41, 5.74) is 4.85. The monoisotopic (exact) mass is 462 g/mol. The van der Waals surface area contributed by atoms with Crippen LogP contribution in [0.25, 0.3) is 21.7 Å². The third kappa shape index (κ3) is 5.86. The van der Waals surface area contributed by atoms with Crippen LogP contribution in [0.1, 0.15) is 29.8 Å². The Morgan fingerprint density at radius 2 is 1.73 bits per heavy atom. The number of piperazine rings is 1. The van der Waals surface area contributed by atoms with Crippen molar-refractivity contribution in [3.8, 4) is 21.7 Å². The molecule has 1 saturated heterocycles. The first-order valence-corrected chi connectivity index (χ1v) is 12.2. The molecule has 172 valence electrons. The molecule has 33 heavy (non-hydrogen) atoms. The zero-order chi connectivity index (χ0) is 23.4. The summed E-state index contributed by atoms with van der Waals surface area (Å²) in [5.74, 6) is 0.0390. The number of carbonyl (C=O) groups excluding carboxylic acids is 2. The van der Waals surface area contributed by atoms with Gasteiger partial charge in [-0.05, 0) is 43.2 Å². The minimum Gasteiger partial charge on any atom is -0.348 e. The Kier molecular flexibility index (Phi) is 7.20. The number of benzene rings is 2. The number of aryl methyl sites for hydroxylation is 1. The van der Waals surface area contributed by atoms with E-state index >= 15 is 0 Å². The second kappa shape index (κ2) is 10.3. The van der Waals surface area contributed by atoms with Gasteiger partial charge in [-0.25, -0.2) is 4.98 Å². The number of hydrogen-bond acceptors (Lipinski definition) is 5. The van der Waals surface area contributed by atoms with Gasteiger partial charge in [0.1, 0.15) is 5.01 Å². The van der Waals surface area contributed by atoms with E-state index in [-0.39, 0.29) is 17.9 Å². The molecule has 2 aromatic carbocycles. The van der Waals surface area contributed by atoms with Crippen LogP contribution < -0.4 is 5.32 Å². The van der Waals surface area contributed by atoms with Crippen LogP contribution in [0.2, 0.25) is 0 Å². The van der Waals surface area contributed by atoms with Gasteiger partial charge in [0.2, 0.25) is 5.91 Å². The van der Waals surface area contributed by atoms with Crippen LogP contribution in [-0.2, 0) is 4.79 Å². The fourth-order valence-corrected chi connectivity index (χ4v) is 4.77. The summed E-state index contributed by atoms with van der Waals surface area (Å²) in [7, 11) is 0. The third-order valence-corrected chi connectivity index (χ3v) is 6.81. The van der Waals surface area contributed by atoms with Crippen molar-refractivity contribution in [3.63, 3.8) is 0 Å². The lowest BCUT2D eigenvalue weighted by Crippen LogP contribution is -2.51. The number of nitrogens with one attached hydrogen (secondary N) is 1. The number of carbonyl (C=O) groups is 2. The van der Waals surface area contributed by atoms with E-state index in [0.717, 1.165) is 54.4 Å². The molecule has 3 aromatic rings. The van der Waals surface area contributed by atoms with Crippen molar-refractivity contribution in [1.29, 1.82) is 0 Å². The van der Waals surface area contributed by atoms with Crippen LogP contribution in [0.5, 0.6) is 0 Å². The van der Waals surface area contributed by atoms with Crippen molar-refractivity contribution < 1.29 is 9.59 Å². The molecule has 1 aromatic heterocycles. The van der Waals surface area contributed by atoms with E-state index in [9.17, 15) is 9.59 Å². The smallest absolute Gasteiger partial charge is 0.251 e. The predicted molar refractivity (Wildman–Crippen MR) is 133 cm³/mol. The van der Waals surface area contributed by atoms with E-state index in [1.807, 2.05) is 29.3 Å². The van der Waals surface area contributed by atoms with E-state index in [1.54, 1.807) is 24.5 Å². The van der Waals surface area contributed by atoms with Gasteiger partial charge in [0.05, 0.1) is 0 Å². The molecule has 0 unspecified atom stereocenters. The molecule has 0 bridgehead atoms. The lowest BCUT2D eigenvalue weighted by molar-refractivity contribution is -0.130. The Bertz CT molecular complexity index is 1100. The lowest BCUT2D eigenvalue weighted by Gasteiger charge is -2.35. The molecule has 0 radical (unpaired) electrons. The molecule has 1 atom stereocenters. The van der Waals surface area contributed by atoms with Crippen molar-refractivity contribution in [2.24, 2.45) is 0 Å². The van der Waals surface area contributed by atoms with Gasteiger partial charge < -0.3 is 10.2 Å². The highest BCUT2D eigenvalue weighted by Gasteiger charge is 2.21. The molecule has 1 N–H and O–H groups in total. The Morgan fingerprint density at radius 3 is 2.36 bits per heavy atom. The predicted octanol–water partition coefficient (Wildman–Crippen LogP) is 4.07. The van der Waals surface area contributed by atoms with Crippen LogP contribution in [-0.4, -0.2) is 65.4 Å². The van der Waals surface area contributed by atoms with E-state index in [0.29, 0.717) is 5.56 Å². The molecule has 2 amide bonds. The Morgan fingerprint density at radius 1 is 1.03 bits per heavy atom. The molecule has 4 rings (SSSR count). The number of hydrogen-bond donors (Lipinski definition) is 1. The van der Waals surface area contributed by atoms with Gasteiger partial charge >= 0.3 is 0 Å². The fourth-order valence-electron chi connectivity index (χ4n) is 4.15. The fraction of sp³-hybridized carbons (Fsp3) is 0.346. The van der Waals surface area contributed by atoms with Gasteiger partial charge in [-0.2, -0.15) is 0 Å². The van der Waals surface area contributed by atoms with Gasteiger partial charge in [0.25, 0.3) is 5.91 Å². The Labute approximate surface area is 199 Å². The molecule has 0 saturated carbocycles. The molecular formula is C26H30N4O2S. The van der Waals surface area contributed by atoms with Crippen LogP contribution in [0, 0.1) is 6.92 Å². The number of amides is 2. The number of rotatable bonds is 6. The molecule has 1 aliphatic rings. The first kappa shape index (κ1) is 23.1. The van der Waals surface area contributed by atoms with Crippen molar-refractivity contribution in [3.05, 3.63) is 65.2 Å². The maximum atomic E-state index is 13.2. The van der Waals surface area contributed by atoms with Crippen molar-refractivity contribution in [2.45, 2.75) is 26.8 Å². The number of nitrogens with zero attached hydrogens (tertiary/aromatic N) is 3. The quantitative estimate of drug-likeness (QED) is 0.600. The minimum absolute atomic E-state index is 0.00674. The highest BCUT2D eigenvalue weighted by Crippen LogP contribution is 2.29. The third-order valence-electron chi connectivity index (χ3n) is 5.99. The highest BCUT2D eigenvalue weighted by molar-refractivity contribution is 7.13. The summed E-state index contributed by atoms with van der Waals surface area (Å²) in [4.78, 5) is 33.4. The van der Waals surface area contributed by atoms with Crippen LogP contribution in [0.3, 0.4) is 0 Å². The van der Waals surface area contributed by atoms with Gasteiger partial charge in [0, 0.05) is 68.4 Å². The van der Waals surface area contributed by atoms with E-state index in [1.165, 1.54) is 5.56 Å². The minimum atomic E-state index is -0.0864. The largest absolute Gasteiger partial charge is 0.348 e. The maximum Gasteiger partial charge on any atom is 0.251 e. The molecule has 1 fully saturated rings. The summed E-state index contributed by atoms with van der Waals surface area (Å²) in [5, 5.41) is 6.00. The molecule has 7 heteroatoms. The van der Waals surface area contributed by atoms with E-state index < -0.39 is 0 Å². The molecule has 1 aliphatic heterocycles. The average Bonchev–Trinajstić information content (AvgIpc) is 3.34. The van der Waals surface area contributed by atoms with Crippen molar-refractivity contribution in [2.75, 3.05) is 32.7 Å². The standard InChI is InChI=1S/C26H30N4O2S/c1-18-4-6-21(7-5-18)22-14-23(16-24(15-22)26-27-8-13-33-26)25(32)28-19(2)17-29-9-11-30(12-10-29)20(3)31/h4-8,13-16,19H,9-12,17H2,1-3H3,(H,28,32)/t19-/m1/s1. The van der Waals surface area contributed by atoms with Gasteiger partial charge in [-0.15, -0.1) is 11.3 Å². The number of aromatic nitrogens is 1. The lowest BCUT2D eigenvalue weighted by atomic mass is 9.98.